The van der Waals surface area contributed by atoms with Crippen molar-refractivity contribution >= 4 is 11.8 Å². The van der Waals surface area contributed by atoms with Gasteiger partial charge in [-0.1, -0.05) is 24.3 Å². The first kappa shape index (κ1) is 16.5. The Morgan fingerprint density at radius 3 is 2.65 bits per heavy atom. The zero-order chi connectivity index (χ0) is 16.8. The number of aryl methyl sites for hydroxylation is 1. The van der Waals surface area contributed by atoms with Crippen LogP contribution in [0.3, 0.4) is 0 Å². The quantitative estimate of drug-likeness (QED) is 0.854. The summed E-state index contributed by atoms with van der Waals surface area (Å²) in [5.74, 6) is -1.20. The van der Waals surface area contributed by atoms with Gasteiger partial charge in [-0.05, 0) is 30.7 Å². The predicted octanol–water partition coefficient (Wildman–Crippen LogP) is 1.93. The minimum Gasteiger partial charge on any atom is -0.483 e. The van der Waals surface area contributed by atoms with Crippen LogP contribution in [0.25, 0.3) is 0 Å². The molecule has 0 atom stereocenters. The van der Waals surface area contributed by atoms with Crippen LogP contribution >= 0.6 is 0 Å². The van der Waals surface area contributed by atoms with Crippen LogP contribution in [0, 0.1) is 12.7 Å². The number of nitrogens with one attached hydrogen (secondary N) is 1. The monoisotopic (exact) mass is 316 g/mol. The molecule has 6 heteroatoms. The summed E-state index contributed by atoms with van der Waals surface area (Å²) >= 11 is 0. The molecule has 0 unspecified atom stereocenters. The zero-order valence-electron chi connectivity index (χ0n) is 12.6. The second-order valence-corrected chi connectivity index (χ2v) is 5.02. The van der Waals surface area contributed by atoms with Gasteiger partial charge in [-0.15, -0.1) is 0 Å². The van der Waals surface area contributed by atoms with Crippen LogP contribution in [0.5, 0.6) is 5.75 Å². The minimum atomic E-state index is -0.633. The fourth-order valence-corrected chi connectivity index (χ4v) is 1.98. The molecule has 2 aromatic rings. The van der Waals surface area contributed by atoms with E-state index in [9.17, 15) is 14.0 Å². The summed E-state index contributed by atoms with van der Waals surface area (Å²) in [6.45, 7) is 1.60. The summed E-state index contributed by atoms with van der Waals surface area (Å²) < 4.78 is 18.8. The van der Waals surface area contributed by atoms with E-state index in [4.69, 9.17) is 10.5 Å². The van der Waals surface area contributed by atoms with Crippen LogP contribution in [0.15, 0.2) is 42.5 Å². The van der Waals surface area contributed by atoms with E-state index in [0.29, 0.717) is 5.56 Å². The molecule has 0 heterocycles. The number of amides is 2. The second kappa shape index (κ2) is 7.40. The van der Waals surface area contributed by atoms with Gasteiger partial charge in [0.25, 0.3) is 11.8 Å². The maximum absolute atomic E-state index is 13.4. The molecule has 2 amide bonds. The normalized spacial score (nSPS) is 10.2. The van der Waals surface area contributed by atoms with Crippen molar-refractivity contribution in [1.82, 2.24) is 5.32 Å². The summed E-state index contributed by atoms with van der Waals surface area (Å²) in [5, 5.41) is 2.55. The lowest BCUT2D eigenvalue weighted by molar-refractivity contribution is -0.123. The molecular formula is C17H17FN2O3. The highest BCUT2D eigenvalue weighted by atomic mass is 19.1. The molecule has 5 nitrogen and oxygen atoms in total. The lowest BCUT2D eigenvalue weighted by Gasteiger charge is -2.11. The minimum absolute atomic E-state index is 0.0609. The van der Waals surface area contributed by atoms with Gasteiger partial charge in [-0.2, -0.15) is 0 Å². The summed E-state index contributed by atoms with van der Waals surface area (Å²) in [6, 6.07) is 11.1. The number of halogens is 1. The molecule has 0 fully saturated rings. The van der Waals surface area contributed by atoms with Gasteiger partial charge in [-0.3, -0.25) is 9.59 Å². The van der Waals surface area contributed by atoms with E-state index in [1.54, 1.807) is 36.4 Å². The van der Waals surface area contributed by atoms with E-state index in [1.807, 2.05) is 6.92 Å². The van der Waals surface area contributed by atoms with Gasteiger partial charge in [0, 0.05) is 12.1 Å². The fraction of sp³-hybridized carbons (Fsp3) is 0.176. The first-order valence-corrected chi connectivity index (χ1v) is 7.00. The molecule has 0 aromatic heterocycles. The molecule has 120 valence electrons. The fourth-order valence-electron chi connectivity index (χ4n) is 1.98. The Morgan fingerprint density at radius 2 is 1.96 bits per heavy atom. The Bertz CT molecular complexity index is 732. The number of carbonyl (C=O) groups is 2. The second-order valence-electron chi connectivity index (χ2n) is 5.02. The molecule has 0 bridgehead atoms. The Morgan fingerprint density at radius 1 is 1.22 bits per heavy atom. The maximum Gasteiger partial charge on any atom is 0.258 e. The summed E-state index contributed by atoms with van der Waals surface area (Å²) in [6.07, 6.45) is 0. The molecule has 0 aliphatic heterocycles. The first-order valence-electron chi connectivity index (χ1n) is 7.00. The van der Waals surface area contributed by atoms with Gasteiger partial charge >= 0.3 is 0 Å². The van der Waals surface area contributed by atoms with Gasteiger partial charge in [0.1, 0.15) is 11.6 Å². The van der Waals surface area contributed by atoms with Crippen molar-refractivity contribution in [3.63, 3.8) is 0 Å². The van der Waals surface area contributed by atoms with Gasteiger partial charge in [0.2, 0.25) is 0 Å². The van der Waals surface area contributed by atoms with Gasteiger partial charge in [0.05, 0.1) is 5.56 Å². The number of ether oxygens (including phenoxy) is 1. The third kappa shape index (κ3) is 4.54. The number of hydrogen-bond donors (Lipinski definition) is 2. The van der Waals surface area contributed by atoms with Crippen molar-refractivity contribution in [3.8, 4) is 5.75 Å². The van der Waals surface area contributed by atoms with Crippen LogP contribution in [-0.2, 0) is 11.3 Å². The van der Waals surface area contributed by atoms with Crippen LogP contribution in [-0.4, -0.2) is 18.4 Å². The molecule has 2 rings (SSSR count). The number of benzene rings is 2. The Hall–Kier alpha value is -2.89. The molecule has 0 radical (unpaired) electrons. The van der Waals surface area contributed by atoms with Crippen LogP contribution in [0.1, 0.15) is 21.5 Å². The van der Waals surface area contributed by atoms with Gasteiger partial charge < -0.3 is 15.8 Å². The molecule has 0 saturated carbocycles. The van der Waals surface area contributed by atoms with Crippen molar-refractivity contribution in [2.75, 3.05) is 6.61 Å². The number of carbonyl (C=O) groups excluding carboxylic acids is 2. The highest BCUT2D eigenvalue weighted by molar-refractivity contribution is 5.95. The first-order chi connectivity index (χ1) is 11.0. The number of nitrogens with two attached hydrogens (primary N) is 1. The highest BCUT2D eigenvalue weighted by Gasteiger charge is 2.11. The molecule has 3 N–H and O–H groups in total. The van der Waals surface area contributed by atoms with Gasteiger partial charge in [-0.25, -0.2) is 4.39 Å². The number of primary amides is 1. The third-order valence-electron chi connectivity index (χ3n) is 3.20. The molecule has 0 aliphatic rings. The van der Waals surface area contributed by atoms with Crippen molar-refractivity contribution in [3.05, 3.63) is 65.0 Å². The molecule has 0 spiro atoms. The summed E-state index contributed by atoms with van der Waals surface area (Å²) in [4.78, 5) is 23.1. The van der Waals surface area contributed by atoms with E-state index < -0.39 is 11.8 Å². The predicted molar refractivity (Wildman–Crippen MR) is 83.4 cm³/mol. The average molecular weight is 316 g/mol. The van der Waals surface area contributed by atoms with E-state index in [1.165, 1.54) is 6.07 Å². The number of hydrogen-bond acceptors (Lipinski definition) is 3. The van der Waals surface area contributed by atoms with E-state index in [0.717, 1.165) is 5.56 Å². The molecule has 23 heavy (non-hydrogen) atoms. The summed E-state index contributed by atoms with van der Waals surface area (Å²) in [5.41, 5.74) is 6.72. The number of rotatable bonds is 6. The molecular weight excluding hydrogens is 299 g/mol. The van der Waals surface area contributed by atoms with E-state index in [2.05, 4.69) is 5.32 Å². The van der Waals surface area contributed by atoms with Crippen molar-refractivity contribution in [2.45, 2.75) is 13.5 Å². The zero-order valence-corrected chi connectivity index (χ0v) is 12.6. The topological polar surface area (TPSA) is 81.4 Å². The maximum atomic E-state index is 13.4. The summed E-state index contributed by atoms with van der Waals surface area (Å²) in [7, 11) is 0. The SMILES string of the molecule is Cc1ccc(C(N)=O)c(OCC(=O)NCc2ccccc2F)c1. The van der Waals surface area contributed by atoms with E-state index >= 15 is 0 Å². The largest absolute Gasteiger partial charge is 0.483 e. The molecule has 0 aliphatic carbocycles. The Labute approximate surface area is 133 Å². The van der Waals surface area contributed by atoms with E-state index in [-0.39, 0.29) is 30.3 Å². The lowest BCUT2D eigenvalue weighted by atomic mass is 10.1. The third-order valence-corrected chi connectivity index (χ3v) is 3.20. The van der Waals surface area contributed by atoms with Crippen LogP contribution in [0.4, 0.5) is 4.39 Å². The Balaban J connectivity index is 1.93. The molecule has 2 aromatic carbocycles. The average Bonchev–Trinajstić information content (AvgIpc) is 2.52. The standard InChI is InChI=1S/C17H17FN2O3/c1-11-6-7-13(17(19)22)15(8-11)23-10-16(21)20-9-12-4-2-3-5-14(12)18/h2-8H,9-10H2,1H3,(H2,19,22)(H,20,21). The van der Waals surface area contributed by atoms with Crippen LogP contribution < -0.4 is 15.8 Å². The molecule has 0 saturated heterocycles. The Kier molecular flexibility index (Phi) is 5.30. The van der Waals surface area contributed by atoms with Crippen LogP contribution in [0.2, 0.25) is 0 Å². The van der Waals surface area contributed by atoms with Crippen molar-refractivity contribution < 1.29 is 18.7 Å². The smallest absolute Gasteiger partial charge is 0.258 e. The van der Waals surface area contributed by atoms with Crippen molar-refractivity contribution in [1.29, 1.82) is 0 Å². The van der Waals surface area contributed by atoms with Gasteiger partial charge in [0.15, 0.2) is 6.61 Å². The van der Waals surface area contributed by atoms with Crippen molar-refractivity contribution in [2.24, 2.45) is 5.73 Å². The lowest BCUT2D eigenvalue weighted by Crippen LogP contribution is -2.29. The highest BCUT2D eigenvalue weighted by Crippen LogP contribution is 2.19.